The predicted octanol–water partition coefficient (Wildman–Crippen LogP) is 0.206. The van der Waals surface area contributed by atoms with Crippen molar-refractivity contribution in [3.05, 3.63) is 40.2 Å². The zero-order valence-electron chi connectivity index (χ0n) is 30.6. The molecule has 1 aliphatic heterocycles. The minimum Gasteiger partial charge on any atom is -0.423 e. The molecule has 2 heterocycles. The van der Waals surface area contributed by atoms with Crippen LogP contribution in [0, 0.1) is 6.92 Å². The fourth-order valence-electron chi connectivity index (χ4n) is 6.23. The van der Waals surface area contributed by atoms with Crippen molar-refractivity contribution in [1.82, 2.24) is 26.2 Å². The summed E-state index contributed by atoms with van der Waals surface area (Å²) in [6.45, 7) is 5.36. The van der Waals surface area contributed by atoms with Crippen molar-refractivity contribution in [3.8, 4) is 0 Å². The van der Waals surface area contributed by atoms with Crippen LogP contribution < -0.4 is 43.7 Å². The third-order valence-electron chi connectivity index (χ3n) is 8.92. The Hall–Kier alpha value is -5.32. The van der Waals surface area contributed by atoms with Gasteiger partial charge in [0.2, 0.25) is 41.4 Å². The highest BCUT2D eigenvalue weighted by atomic mass is 16.4. The Morgan fingerprint density at radius 3 is 2.23 bits per heavy atom. The number of carbonyl (C=O) groups excluding carboxylic acids is 7. The summed E-state index contributed by atoms with van der Waals surface area (Å²) in [5.74, 6) is -3.61. The summed E-state index contributed by atoms with van der Waals surface area (Å²) in [4.78, 5) is 103. The van der Waals surface area contributed by atoms with E-state index in [1.54, 1.807) is 19.1 Å². The van der Waals surface area contributed by atoms with Gasteiger partial charge in [-0.1, -0.05) is 0 Å². The Morgan fingerprint density at radius 1 is 0.868 bits per heavy atom. The molecule has 17 heteroatoms. The first kappa shape index (κ1) is 42.1. The van der Waals surface area contributed by atoms with Gasteiger partial charge in [0.25, 0.3) is 0 Å². The van der Waals surface area contributed by atoms with Gasteiger partial charge in [0.1, 0.15) is 29.8 Å². The van der Waals surface area contributed by atoms with Crippen LogP contribution in [-0.2, 0) is 33.6 Å². The molecule has 1 aromatic carbocycles. The van der Waals surface area contributed by atoms with Gasteiger partial charge in [-0.15, -0.1) is 0 Å². The van der Waals surface area contributed by atoms with Crippen LogP contribution in [0.2, 0.25) is 0 Å². The Bertz CT molecular complexity index is 1710. The van der Waals surface area contributed by atoms with E-state index in [-0.39, 0.29) is 43.7 Å². The lowest BCUT2D eigenvalue weighted by Gasteiger charge is -2.30. The van der Waals surface area contributed by atoms with Gasteiger partial charge in [-0.2, -0.15) is 0 Å². The summed E-state index contributed by atoms with van der Waals surface area (Å²) in [5, 5.41) is 14.3. The van der Waals surface area contributed by atoms with Crippen molar-refractivity contribution in [2.24, 2.45) is 11.5 Å². The maximum absolute atomic E-state index is 13.9. The van der Waals surface area contributed by atoms with Gasteiger partial charge in [-0.3, -0.25) is 33.6 Å². The number of unbranched alkanes of at least 4 members (excludes halogenated alkanes) is 2. The lowest BCUT2D eigenvalue weighted by Crippen LogP contribution is -2.57. The van der Waals surface area contributed by atoms with Crippen LogP contribution in [0.15, 0.2) is 33.5 Å². The van der Waals surface area contributed by atoms with Crippen LogP contribution in [0.4, 0.5) is 5.69 Å². The highest BCUT2D eigenvalue weighted by Gasteiger charge is 2.39. The number of anilines is 1. The second-order valence-corrected chi connectivity index (χ2v) is 13.3. The number of primary amides is 1. The summed E-state index contributed by atoms with van der Waals surface area (Å²) < 4.78 is 5.31. The number of benzene rings is 1. The molecule has 53 heavy (non-hydrogen) atoms. The third-order valence-corrected chi connectivity index (χ3v) is 8.92. The molecule has 17 nitrogen and oxygen atoms in total. The monoisotopic (exact) mass is 740 g/mol. The first-order valence-corrected chi connectivity index (χ1v) is 18.0. The van der Waals surface area contributed by atoms with Gasteiger partial charge < -0.3 is 47.4 Å². The molecule has 1 aromatic heterocycles. The van der Waals surface area contributed by atoms with Crippen LogP contribution in [0.5, 0.6) is 0 Å². The van der Waals surface area contributed by atoms with Crippen LogP contribution in [0.25, 0.3) is 11.0 Å². The summed E-state index contributed by atoms with van der Waals surface area (Å²) in [6, 6.07) is 2.10. The molecule has 1 fully saturated rings. The van der Waals surface area contributed by atoms with Gasteiger partial charge in [0.05, 0.1) is 0 Å². The van der Waals surface area contributed by atoms with Crippen LogP contribution in [-0.4, -0.2) is 90.1 Å². The molecule has 0 radical (unpaired) electrons. The Kier molecular flexibility index (Phi) is 16.4. The summed E-state index contributed by atoms with van der Waals surface area (Å²) in [6.07, 6.45) is 3.04. The third kappa shape index (κ3) is 13.3. The zero-order valence-corrected chi connectivity index (χ0v) is 30.6. The van der Waals surface area contributed by atoms with Crippen LogP contribution in [0.3, 0.4) is 0 Å². The molecule has 0 aliphatic carbocycles. The number of nitrogens with zero attached hydrogens (tertiary/aromatic N) is 1. The Balaban J connectivity index is 1.80. The van der Waals surface area contributed by atoms with Gasteiger partial charge >= 0.3 is 5.63 Å². The van der Waals surface area contributed by atoms with E-state index < -0.39 is 65.2 Å². The molecule has 7 amide bonds. The van der Waals surface area contributed by atoms with Crippen molar-refractivity contribution in [2.45, 2.75) is 109 Å². The number of hydrogen-bond donors (Lipinski definition) is 7. The topological polar surface area (TPSA) is 265 Å². The molecule has 0 bridgehead atoms. The van der Waals surface area contributed by atoms with E-state index in [0.29, 0.717) is 68.3 Å². The normalized spacial score (nSPS) is 15.5. The maximum atomic E-state index is 13.9. The van der Waals surface area contributed by atoms with Gasteiger partial charge in [0, 0.05) is 56.6 Å². The summed E-state index contributed by atoms with van der Waals surface area (Å²) in [7, 11) is 0. The molecule has 1 saturated heterocycles. The second kappa shape index (κ2) is 20.7. The zero-order chi connectivity index (χ0) is 39.1. The number of amides is 7. The van der Waals surface area contributed by atoms with Crippen molar-refractivity contribution in [3.63, 3.8) is 0 Å². The molecular formula is C36H52N8O9. The van der Waals surface area contributed by atoms with Crippen molar-refractivity contribution in [2.75, 3.05) is 25.0 Å². The number of carbonyl (C=O) groups is 7. The van der Waals surface area contributed by atoms with E-state index in [1.165, 1.54) is 30.9 Å². The largest absolute Gasteiger partial charge is 0.423 e. The molecule has 4 atom stereocenters. The number of aryl methyl sites for hydroxylation is 1. The minimum atomic E-state index is -1.08. The number of fused-ring (bicyclic) bond motifs is 1. The summed E-state index contributed by atoms with van der Waals surface area (Å²) in [5.41, 5.74) is 11.8. The smallest absolute Gasteiger partial charge is 0.336 e. The van der Waals surface area contributed by atoms with Gasteiger partial charge in [-0.05, 0) is 89.0 Å². The standard InChI is InChI=1S/C36H52N8O9/c1-21-19-32(48)53-30-20-24(12-13-25(21)30)41-33(49)26(10-5-7-17-39-22(2)45)42-34(50)27(9-4-6-16-37)43-35(51)29-11-8-18-44(29)36(52)28(40-23(3)46)14-15-31(38)47/h12-13,19-20,26-29H,4-11,14-18,37H2,1-3H3,(H2,38,47)(H,39,45)(H,40,46)(H,41,49)(H,42,50)(H,43,51)/t26-,27-,28-,29-/m0/s1. The fourth-order valence-corrected chi connectivity index (χ4v) is 6.23. The molecule has 290 valence electrons. The molecule has 9 N–H and O–H groups in total. The Labute approximate surface area is 307 Å². The number of nitrogens with one attached hydrogen (secondary N) is 5. The van der Waals surface area contributed by atoms with Crippen molar-refractivity contribution in [1.29, 1.82) is 0 Å². The number of nitrogens with two attached hydrogens (primary N) is 2. The first-order chi connectivity index (χ1) is 25.2. The quantitative estimate of drug-likeness (QED) is 0.0716. The SMILES string of the molecule is CC(=O)NCCCC[C@H](NC(=O)[C@H](CCCCN)NC(=O)[C@@H]1CCCN1C(=O)[C@H](CCC(N)=O)NC(C)=O)C(=O)Nc1ccc2c(C)cc(=O)oc2c1. The molecule has 0 spiro atoms. The van der Waals surface area contributed by atoms with Crippen LogP contribution >= 0.6 is 0 Å². The fraction of sp³-hybridized carbons (Fsp3) is 0.556. The molecule has 0 unspecified atom stereocenters. The van der Waals surface area contributed by atoms with E-state index in [9.17, 15) is 38.4 Å². The molecule has 2 aromatic rings. The van der Waals surface area contributed by atoms with Crippen LogP contribution in [0.1, 0.15) is 83.6 Å². The van der Waals surface area contributed by atoms with E-state index in [4.69, 9.17) is 15.9 Å². The number of likely N-dealkylation sites (tertiary alicyclic amines) is 1. The Morgan fingerprint density at radius 2 is 1.57 bits per heavy atom. The molecular weight excluding hydrogens is 688 g/mol. The average Bonchev–Trinajstić information content (AvgIpc) is 3.58. The highest BCUT2D eigenvalue weighted by Crippen LogP contribution is 2.22. The number of hydrogen-bond acceptors (Lipinski definition) is 10. The molecule has 1 aliphatic rings. The lowest BCUT2D eigenvalue weighted by atomic mass is 10.0. The van der Waals surface area contributed by atoms with E-state index in [2.05, 4.69) is 26.6 Å². The van der Waals surface area contributed by atoms with E-state index >= 15 is 0 Å². The van der Waals surface area contributed by atoms with E-state index in [0.717, 1.165) is 0 Å². The highest BCUT2D eigenvalue weighted by molar-refractivity contribution is 6.00. The second-order valence-electron chi connectivity index (χ2n) is 13.3. The average molecular weight is 741 g/mol. The maximum Gasteiger partial charge on any atom is 0.336 e. The predicted molar refractivity (Wildman–Crippen MR) is 196 cm³/mol. The van der Waals surface area contributed by atoms with Gasteiger partial charge in [-0.25, -0.2) is 4.79 Å². The lowest BCUT2D eigenvalue weighted by molar-refractivity contribution is -0.142. The van der Waals surface area contributed by atoms with E-state index in [1.807, 2.05) is 0 Å². The number of rotatable bonds is 20. The summed E-state index contributed by atoms with van der Waals surface area (Å²) >= 11 is 0. The first-order valence-electron chi connectivity index (χ1n) is 18.0. The van der Waals surface area contributed by atoms with Gasteiger partial charge in [0.15, 0.2) is 0 Å². The molecule has 3 rings (SSSR count). The minimum absolute atomic E-state index is 0.0374. The van der Waals surface area contributed by atoms with Crippen molar-refractivity contribution >= 4 is 58.0 Å². The van der Waals surface area contributed by atoms with Crippen molar-refractivity contribution < 1.29 is 38.0 Å². The molecule has 0 saturated carbocycles.